The lowest BCUT2D eigenvalue weighted by Gasteiger charge is -2.12. The fraction of sp³-hybridized carbons (Fsp3) is 0.0476. The summed E-state index contributed by atoms with van der Waals surface area (Å²) in [5.41, 5.74) is 3.08. The van der Waals surface area contributed by atoms with Gasteiger partial charge in [0, 0.05) is 17.5 Å². The van der Waals surface area contributed by atoms with E-state index in [1.165, 1.54) is 10.6 Å². The Morgan fingerprint density at radius 3 is 2.54 bits per heavy atom. The van der Waals surface area contributed by atoms with Crippen LogP contribution in [-0.2, 0) is 9.63 Å². The summed E-state index contributed by atoms with van der Waals surface area (Å²) in [7, 11) is 2.05. The van der Waals surface area contributed by atoms with E-state index in [4.69, 9.17) is 4.84 Å². The fourth-order valence-electron chi connectivity index (χ4n) is 2.79. The molecule has 4 nitrogen and oxygen atoms in total. The standard InChI is InChI=1S/C21H16N2O2S/c1-23-17-12-6-7-13-18(17)26-19(23)14-8-5-11-16-20(22-25-21(16)24)15-9-3-2-4-10-15/h2-14H,1H3. The van der Waals surface area contributed by atoms with Gasteiger partial charge in [0.15, 0.2) is 0 Å². The first kappa shape index (κ1) is 16.4. The molecular formula is C21H16N2O2S. The molecule has 0 aliphatic carbocycles. The van der Waals surface area contributed by atoms with Crippen LogP contribution in [0, 0.1) is 0 Å². The van der Waals surface area contributed by atoms with Crippen LogP contribution >= 0.6 is 11.8 Å². The van der Waals surface area contributed by atoms with Crippen LogP contribution in [0.25, 0.3) is 0 Å². The van der Waals surface area contributed by atoms with Crippen LogP contribution in [0.1, 0.15) is 5.56 Å². The van der Waals surface area contributed by atoms with Gasteiger partial charge in [0.05, 0.1) is 16.3 Å². The molecule has 128 valence electrons. The van der Waals surface area contributed by atoms with Crippen LogP contribution in [0.3, 0.4) is 0 Å². The number of allylic oxidation sites excluding steroid dienone is 4. The molecule has 0 aromatic heterocycles. The van der Waals surface area contributed by atoms with Gasteiger partial charge in [-0.05, 0) is 24.3 Å². The maximum Gasteiger partial charge on any atom is 0.368 e. The molecule has 5 heteroatoms. The van der Waals surface area contributed by atoms with E-state index in [0.29, 0.717) is 11.3 Å². The highest BCUT2D eigenvalue weighted by molar-refractivity contribution is 8.03. The number of hydrogen-bond donors (Lipinski definition) is 0. The minimum atomic E-state index is -0.430. The van der Waals surface area contributed by atoms with Gasteiger partial charge in [0.25, 0.3) is 0 Å². The van der Waals surface area contributed by atoms with Gasteiger partial charge in [0.1, 0.15) is 5.71 Å². The molecule has 2 aromatic rings. The van der Waals surface area contributed by atoms with Gasteiger partial charge in [-0.3, -0.25) is 0 Å². The van der Waals surface area contributed by atoms with Crippen LogP contribution in [0.4, 0.5) is 5.69 Å². The van der Waals surface area contributed by atoms with Crippen molar-refractivity contribution in [1.29, 1.82) is 0 Å². The number of nitrogens with zero attached hydrogens (tertiary/aromatic N) is 2. The number of anilines is 1. The molecule has 0 atom stereocenters. The highest BCUT2D eigenvalue weighted by Gasteiger charge is 2.26. The van der Waals surface area contributed by atoms with Crippen molar-refractivity contribution in [3.05, 3.63) is 95.1 Å². The van der Waals surface area contributed by atoms with E-state index in [2.05, 4.69) is 22.2 Å². The van der Waals surface area contributed by atoms with Crippen LogP contribution in [0.5, 0.6) is 0 Å². The van der Waals surface area contributed by atoms with Gasteiger partial charge in [0.2, 0.25) is 0 Å². The van der Waals surface area contributed by atoms with Crippen molar-refractivity contribution < 1.29 is 9.63 Å². The monoisotopic (exact) mass is 360 g/mol. The topological polar surface area (TPSA) is 41.9 Å². The lowest BCUT2D eigenvalue weighted by atomic mass is 10.0. The molecule has 0 spiro atoms. The van der Waals surface area contributed by atoms with E-state index in [0.717, 1.165) is 10.6 Å². The summed E-state index contributed by atoms with van der Waals surface area (Å²) < 4.78 is 0. The van der Waals surface area contributed by atoms with Crippen LogP contribution in [0.2, 0.25) is 0 Å². The Bertz CT molecular complexity index is 975. The molecule has 0 amide bonds. The van der Waals surface area contributed by atoms with Crippen LogP contribution < -0.4 is 4.90 Å². The third-order valence-corrected chi connectivity index (χ3v) is 5.31. The minimum Gasteiger partial charge on any atom is -0.338 e. The number of para-hydroxylation sites is 1. The predicted molar refractivity (Wildman–Crippen MR) is 105 cm³/mol. The number of hydrogen-bond acceptors (Lipinski definition) is 5. The Balaban J connectivity index is 1.53. The number of carbonyl (C=O) groups is 1. The summed E-state index contributed by atoms with van der Waals surface area (Å²) in [6.07, 6.45) is 7.53. The van der Waals surface area contributed by atoms with Gasteiger partial charge in [-0.2, -0.15) is 0 Å². The highest BCUT2D eigenvalue weighted by atomic mass is 32.2. The average molecular weight is 360 g/mol. The van der Waals surface area contributed by atoms with Gasteiger partial charge in [-0.1, -0.05) is 71.5 Å². The largest absolute Gasteiger partial charge is 0.368 e. The maximum atomic E-state index is 11.9. The van der Waals surface area contributed by atoms with Gasteiger partial charge in [-0.15, -0.1) is 0 Å². The molecule has 0 fully saturated rings. The third-order valence-electron chi connectivity index (χ3n) is 4.13. The molecule has 2 heterocycles. The highest BCUT2D eigenvalue weighted by Crippen LogP contribution is 2.44. The Morgan fingerprint density at radius 2 is 1.73 bits per heavy atom. The SMILES string of the molecule is CN1C(=CC=CC=C2C(=O)ON=C2c2ccccc2)Sc2ccccc21. The Morgan fingerprint density at radius 1 is 1.00 bits per heavy atom. The summed E-state index contributed by atoms with van der Waals surface area (Å²) in [5, 5.41) is 5.03. The number of fused-ring (bicyclic) bond motifs is 1. The van der Waals surface area contributed by atoms with E-state index >= 15 is 0 Å². The van der Waals surface area contributed by atoms with E-state index in [-0.39, 0.29) is 0 Å². The number of benzene rings is 2. The Kier molecular flexibility index (Phi) is 4.46. The molecule has 0 bridgehead atoms. The molecule has 2 aliphatic rings. The molecule has 2 aromatic carbocycles. The fourth-order valence-corrected chi connectivity index (χ4v) is 3.85. The Hall–Kier alpha value is -3.05. The lowest BCUT2D eigenvalue weighted by Crippen LogP contribution is -2.08. The molecule has 0 N–H and O–H groups in total. The number of rotatable bonds is 3. The predicted octanol–water partition coefficient (Wildman–Crippen LogP) is 4.51. The van der Waals surface area contributed by atoms with E-state index in [1.807, 2.05) is 67.7 Å². The van der Waals surface area contributed by atoms with E-state index in [1.54, 1.807) is 17.8 Å². The molecule has 0 saturated heterocycles. The van der Waals surface area contributed by atoms with Crippen molar-refractivity contribution in [2.45, 2.75) is 4.90 Å². The lowest BCUT2D eigenvalue weighted by molar-refractivity contribution is -0.136. The Labute approximate surface area is 156 Å². The molecule has 0 saturated carbocycles. The quantitative estimate of drug-likeness (QED) is 0.596. The van der Waals surface area contributed by atoms with Gasteiger partial charge in [-0.25, -0.2) is 4.79 Å². The van der Waals surface area contributed by atoms with Crippen molar-refractivity contribution in [2.75, 3.05) is 11.9 Å². The second-order valence-electron chi connectivity index (χ2n) is 5.78. The first-order valence-electron chi connectivity index (χ1n) is 8.18. The second kappa shape index (κ2) is 7.06. The normalized spacial score (nSPS) is 19.3. The third kappa shape index (κ3) is 3.09. The second-order valence-corrected chi connectivity index (χ2v) is 6.85. The molecule has 4 rings (SSSR count). The number of oxime groups is 1. The van der Waals surface area contributed by atoms with Crippen molar-refractivity contribution in [2.24, 2.45) is 5.16 Å². The molecule has 26 heavy (non-hydrogen) atoms. The summed E-state index contributed by atoms with van der Waals surface area (Å²) in [6, 6.07) is 17.8. The molecular weight excluding hydrogens is 344 g/mol. The van der Waals surface area contributed by atoms with Gasteiger partial charge >= 0.3 is 5.97 Å². The van der Waals surface area contributed by atoms with E-state index < -0.39 is 5.97 Å². The molecule has 2 aliphatic heterocycles. The summed E-state index contributed by atoms with van der Waals surface area (Å²) >= 11 is 1.72. The van der Waals surface area contributed by atoms with E-state index in [9.17, 15) is 4.79 Å². The summed E-state index contributed by atoms with van der Waals surface area (Å²) in [6.45, 7) is 0. The van der Waals surface area contributed by atoms with Crippen molar-refractivity contribution >= 4 is 29.1 Å². The van der Waals surface area contributed by atoms with Crippen molar-refractivity contribution in [3.63, 3.8) is 0 Å². The number of thioether (sulfide) groups is 1. The average Bonchev–Trinajstić information content (AvgIpc) is 3.20. The first-order valence-corrected chi connectivity index (χ1v) is 9.00. The zero-order valence-corrected chi connectivity index (χ0v) is 14.9. The minimum absolute atomic E-state index is 0.430. The first-order chi connectivity index (χ1) is 12.7. The van der Waals surface area contributed by atoms with Crippen molar-refractivity contribution in [3.8, 4) is 0 Å². The smallest absolute Gasteiger partial charge is 0.338 e. The maximum absolute atomic E-state index is 11.9. The summed E-state index contributed by atoms with van der Waals surface area (Å²) in [5.74, 6) is -0.430. The molecule has 0 radical (unpaired) electrons. The van der Waals surface area contributed by atoms with Crippen molar-refractivity contribution in [1.82, 2.24) is 0 Å². The van der Waals surface area contributed by atoms with Crippen LogP contribution in [0.15, 0.2) is 99.6 Å². The van der Waals surface area contributed by atoms with Gasteiger partial charge < -0.3 is 9.74 Å². The zero-order chi connectivity index (χ0) is 17.9. The molecule has 0 unspecified atom stereocenters. The van der Waals surface area contributed by atoms with Crippen LogP contribution in [-0.4, -0.2) is 18.7 Å². The zero-order valence-electron chi connectivity index (χ0n) is 14.1. The number of carbonyl (C=O) groups excluding carboxylic acids is 1. The summed E-state index contributed by atoms with van der Waals surface area (Å²) in [4.78, 5) is 20.2.